The molecule has 11 heteroatoms. The summed E-state index contributed by atoms with van der Waals surface area (Å²) >= 11 is 2.90. The molecule has 0 spiro atoms. The van der Waals surface area contributed by atoms with E-state index in [0.717, 1.165) is 47.8 Å². The normalized spacial score (nSPS) is 14.6. The zero-order chi connectivity index (χ0) is 25.2. The number of hydrogen-bond acceptors (Lipinski definition) is 7. The Morgan fingerprint density at radius 2 is 2.06 bits per heavy atom. The van der Waals surface area contributed by atoms with Gasteiger partial charge in [-0.15, -0.1) is 22.7 Å². The van der Waals surface area contributed by atoms with Crippen molar-refractivity contribution in [2.45, 2.75) is 45.5 Å². The van der Waals surface area contributed by atoms with Crippen molar-refractivity contribution in [2.75, 3.05) is 38.7 Å². The van der Waals surface area contributed by atoms with Gasteiger partial charge in [0.1, 0.15) is 10.0 Å². The molecule has 0 saturated carbocycles. The summed E-state index contributed by atoms with van der Waals surface area (Å²) in [4.78, 5) is 20.8. The van der Waals surface area contributed by atoms with Gasteiger partial charge in [-0.3, -0.25) is 9.69 Å². The molecule has 190 valence electrons. The van der Waals surface area contributed by atoms with Crippen LogP contribution in [0.5, 0.6) is 0 Å². The first-order valence-corrected chi connectivity index (χ1v) is 13.2. The maximum Gasteiger partial charge on any atom is 0.416 e. The first-order chi connectivity index (χ1) is 16.7. The quantitative estimate of drug-likeness (QED) is 0.367. The molecule has 0 bridgehead atoms. The van der Waals surface area contributed by atoms with Gasteiger partial charge < -0.3 is 15.4 Å². The summed E-state index contributed by atoms with van der Waals surface area (Å²) in [7, 11) is 1.63. The minimum absolute atomic E-state index is 0.115. The molecule has 4 rings (SSSR count). The third-order valence-corrected chi connectivity index (χ3v) is 8.20. The second kappa shape index (κ2) is 10.9. The SMILES string of the molecule is COCCNCCC(=O)Nc1sc2c(c1-c1nc3cc(C(F)(F)F)ccc3s1)CCN(C(C)C)C2. The van der Waals surface area contributed by atoms with Crippen LogP contribution in [0, 0.1) is 0 Å². The first-order valence-electron chi connectivity index (χ1n) is 11.5. The number of carbonyl (C=O) groups is 1. The summed E-state index contributed by atoms with van der Waals surface area (Å²) < 4.78 is 45.3. The van der Waals surface area contributed by atoms with Gasteiger partial charge in [0.15, 0.2) is 0 Å². The van der Waals surface area contributed by atoms with E-state index in [1.54, 1.807) is 18.4 Å². The summed E-state index contributed by atoms with van der Waals surface area (Å²) in [5.41, 5.74) is 1.59. The van der Waals surface area contributed by atoms with Crippen LogP contribution < -0.4 is 10.6 Å². The highest BCUT2D eigenvalue weighted by Crippen LogP contribution is 2.46. The average molecular weight is 527 g/mol. The van der Waals surface area contributed by atoms with Crippen molar-refractivity contribution in [3.8, 4) is 10.6 Å². The van der Waals surface area contributed by atoms with E-state index in [9.17, 15) is 18.0 Å². The number of thiophene rings is 1. The number of thiazole rings is 1. The standard InChI is InChI=1S/C24H29F3N4O2S2/c1-14(2)31-10-7-16-19(13-31)35-23(30-20(32)6-8-28-9-11-33-3)21(16)22-29-17-12-15(24(25,26)27)4-5-18(17)34-22/h4-5,12,14,28H,6-11,13H2,1-3H3,(H,30,32). The highest BCUT2D eigenvalue weighted by molar-refractivity contribution is 7.23. The molecule has 0 aliphatic carbocycles. The number of alkyl halides is 3. The van der Waals surface area contributed by atoms with Gasteiger partial charge in [0.05, 0.1) is 22.4 Å². The number of fused-ring (bicyclic) bond motifs is 2. The summed E-state index contributed by atoms with van der Waals surface area (Å²) in [6.07, 6.45) is -3.31. The number of anilines is 1. The van der Waals surface area contributed by atoms with Crippen LogP contribution in [0.2, 0.25) is 0 Å². The number of halogens is 3. The fourth-order valence-electron chi connectivity index (χ4n) is 4.08. The molecule has 6 nitrogen and oxygen atoms in total. The van der Waals surface area contributed by atoms with Crippen molar-refractivity contribution in [3.63, 3.8) is 0 Å². The smallest absolute Gasteiger partial charge is 0.383 e. The summed E-state index contributed by atoms with van der Waals surface area (Å²) in [5.74, 6) is -0.115. The Morgan fingerprint density at radius 1 is 1.26 bits per heavy atom. The second-order valence-electron chi connectivity index (χ2n) is 8.76. The molecule has 1 aromatic carbocycles. The fraction of sp³-hybridized carbons (Fsp3) is 0.500. The minimum atomic E-state index is -4.42. The molecule has 0 unspecified atom stereocenters. The molecule has 1 aliphatic rings. The van der Waals surface area contributed by atoms with E-state index in [1.165, 1.54) is 22.3 Å². The maximum absolute atomic E-state index is 13.2. The van der Waals surface area contributed by atoms with Crippen LogP contribution in [0.15, 0.2) is 18.2 Å². The van der Waals surface area contributed by atoms with Crippen molar-refractivity contribution in [2.24, 2.45) is 0 Å². The second-order valence-corrected chi connectivity index (χ2v) is 10.9. The van der Waals surface area contributed by atoms with Crippen molar-refractivity contribution in [1.29, 1.82) is 0 Å². The Labute approximate surface area is 210 Å². The summed E-state index contributed by atoms with van der Waals surface area (Å²) in [6, 6.07) is 4.06. The van der Waals surface area contributed by atoms with E-state index >= 15 is 0 Å². The van der Waals surface area contributed by atoms with Gasteiger partial charge in [0.2, 0.25) is 5.91 Å². The van der Waals surface area contributed by atoms with Crippen molar-refractivity contribution in [3.05, 3.63) is 34.2 Å². The molecule has 1 aliphatic heterocycles. The predicted octanol–water partition coefficient (Wildman–Crippen LogP) is 5.37. The predicted molar refractivity (Wildman–Crippen MR) is 135 cm³/mol. The number of carbonyl (C=O) groups excluding carboxylic acids is 1. The zero-order valence-corrected chi connectivity index (χ0v) is 21.6. The zero-order valence-electron chi connectivity index (χ0n) is 19.9. The molecular weight excluding hydrogens is 497 g/mol. The fourth-order valence-corrected chi connectivity index (χ4v) is 6.46. The van der Waals surface area contributed by atoms with Gasteiger partial charge in [-0.2, -0.15) is 13.2 Å². The Kier molecular flexibility index (Phi) is 8.12. The number of nitrogens with zero attached hydrogens (tertiary/aromatic N) is 2. The van der Waals surface area contributed by atoms with Crippen molar-refractivity contribution >= 4 is 43.8 Å². The van der Waals surface area contributed by atoms with Crippen LogP contribution >= 0.6 is 22.7 Å². The van der Waals surface area contributed by atoms with Crippen molar-refractivity contribution in [1.82, 2.24) is 15.2 Å². The molecule has 0 atom stereocenters. The van der Waals surface area contributed by atoms with Gasteiger partial charge in [-0.1, -0.05) is 0 Å². The molecule has 35 heavy (non-hydrogen) atoms. The number of amides is 1. The lowest BCUT2D eigenvalue weighted by Gasteiger charge is -2.30. The van der Waals surface area contributed by atoms with Gasteiger partial charge in [0, 0.05) is 56.2 Å². The lowest BCUT2D eigenvalue weighted by Crippen LogP contribution is -2.35. The topological polar surface area (TPSA) is 66.5 Å². The maximum atomic E-state index is 13.2. The number of rotatable bonds is 9. The van der Waals surface area contributed by atoms with Gasteiger partial charge in [-0.25, -0.2) is 4.98 Å². The van der Waals surface area contributed by atoms with E-state index in [-0.39, 0.29) is 5.91 Å². The third-order valence-electron chi connectivity index (χ3n) is 6.01. The van der Waals surface area contributed by atoms with E-state index < -0.39 is 11.7 Å². The number of benzene rings is 1. The van der Waals surface area contributed by atoms with E-state index in [1.807, 2.05) is 0 Å². The molecule has 0 radical (unpaired) electrons. The molecule has 2 N–H and O–H groups in total. The Morgan fingerprint density at radius 3 is 2.77 bits per heavy atom. The third kappa shape index (κ3) is 6.03. The van der Waals surface area contributed by atoms with Crippen LogP contribution in [0.4, 0.5) is 18.2 Å². The number of hydrogen-bond donors (Lipinski definition) is 2. The van der Waals surface area contributed by atoms with E-state index in [4.69, 9.17) is 4.74 Å². The Bertz CT molecular complexity index is 1190. The number of nitrogens with one attached hydrogen (secondary N) is 2. The number of methoxy groups -OCH3 is 1. The van der Waals surface area contributed by atoms with E-state index in [2.05, 4.69) is 34.4 Å². The lowest BCUT2D eigenvalue weighted by atomic mass is 10.0. The average Bonchev–Trinajstić information content (AvgIpc) is 3.37. The molecule has 1 amide bonds. The molecular formula is C24H29F3N4O2S2. The van der Waals surface area contributed by atoms with E-state index in [0.29, 0.717) is 47.4 Å². The Hall–Kier alpha value is -2.05. The molecule has 0 saturated heterocycles. The molecule has 3 heterocycles. The van der Waals surface area contributed by atoms with Crippen molar-refractivity contribution < 1.29 is 22.7 Å². The van der Waals surface area contributed by atoms with Crippen LogP contribution in [-0.2, 0) is 28.7 Å². The van der Waals surface area contributed by atoms with Crippen LogP contribution in [0.3, 0.4) is 0 Å². The minimum Gasteiger partial charge on any atom is -0.383 e. The molecule has 0 fully saturated rings. The first kappa shape index (κ1) is 26.0. The highest BCUT2D eigenvalue weighted by Gasteiger charge is 2.32. The number of ether oxygens (including phenoxy) is 1. The van der Waals surface area contributed by atoms with Gasteiger partial charge >= 0.3 is 6.18 Å². The Balaban J connectivity index is 1.65. The summed E-state index contributed by atoms with van der Waals surface area (Å²) in [6.45, 7) is 7.74. The lowest BCUT2D eigenvalue weighted by molar-refractivity contribution is -0.137. The van der Waals surface area contributed by atoms with Gasteiger partial charge in [0.25, 0.3) is 0 Å². The van der Waals surface area contributed by atoms with Crippen LogP contribution in [0.25, 0.3) is 20.8 Å². The highest BCUT2D eigenvalue weighted by atomic mass is 32.1. The van der Waals surface area contributed by atoms with Crippen LogP contribution in [0.1, 0.15) is 36.3 Å². The van der Waals surface area contributed by atoms with Gasteiger partial charge in [-0.05, 0) is 44.0 Å². The number of aromatic nitrogens is 1. The molecule has 3 aromatic rings. The van der Waals surface area contributed by atoms with Crippen LogP contribution in [-0.4, -0.2) is 55.2 Å². The molecule has 2 aromatic heterocycles. The summed E-state index contributed by atoms with van der Waals surface area (Å²) in [5, 5.41) is 7.58. The monoisotopic (exact) mass is 526 g/mol. The largest absolute Gasteiger partial charge is 0.416 e.